The molecule has 0 unspecified atom stereocenters. The zero-order valence-corrected chi connectivity index (χ0v) is 12.1. The average Bonchev–Trinajstić information content (AvgIpc) is 2.39. The van der Waals surface area contributed by atoms with Crippen molar-refractivity contribution in [1.29, 1.82) is 0 Å². The highest BCUT2D eigenvalue weighted by molar-refractivity contribution is 9.10. The summed E-state index contributed by atoms with van der Waals surface area (Å²) in [7, 11) is 0. The quantitative estimate of drug-likeness (QED) is 0.897. The Morgan fingerprint density at radius 2 is 1.89 bits per heavy atom. The van der Waals surface area contributed by atoms with Gasteiger partial charge in [0.1, 0.15) is 12.4 Å². The molecule has 2 aromatic carbocycles. The van der Waals surface area contributed by atoms with Crippen molar-refractivity contribution in [2.75, 3.05) is 0 Å². The molecule has 0 spiro atoms. The lowest BCUT2D eigenvalue weighted by atomic mass is 10.1. The maximum Gasteiger partial charge on any atom is 0.335 e. The van der Waals surface area contributed by atoms with Crippen molar-refractivity contribution in [3.05, 3.63) is 63.1 Å². The van der Waals surface area contributed by atoms with Gasteiger partial charge in [0.15, 0.2) is 0 Å². The van der Waals surface area contributed by atoms with E-state index in [-0.39, 0.29) is 5.56 Å². The third-order valence-corrected chi connectivity index (χ3v) is 3.39. The topological polar surface area (TPSA) is 46.5 Å². The SMILES string of the molecule is O=C(O)c1ccc(COc2ccc(Br)cc2)c(Cl)c1. The first-order valence-corrected chi connectivity index (χ1v) is 6.63. The molecule has 5 heteroatoms. The summed E-state index contributed by atoms with van der Waals surface area (Å²) in [6, 6.07) is 12.0. The van der Waals surface area contributed by atoms with E-state index >= 15 is 0 Å². The van der Waals surface area contributed by atoms with E-state index in [1.54, 1.807) is 6.07 Å². The molecule has 0 atom stereocenters. The molecule has 2 aromatic rings. The lowest BCUT2D eigenvalue weighted by molar-refractivity contribution is 0.0697. The zero-order valence-electron chi connectivity index (χ0n) is 9.77. The Labute approximate surface area is 123 Å². The minimum atomic E-state index is -0.998. The summed E-state index contributed by atoms with van der Waals surface area (Å²) in [6.07, 6.45) is 0. The van der Waals surface area contributed by atoms with Crippen molar-refractivity contribution >= 4 is 33.5 Å². The number of hydrogen-bond acceptors (Lipinski definition) is 2. The fraction of sp³-hybridized carbons (Fsp3) is 0.0714. The van der Waals surface area contributed by atoms with Crippen molar-refractivity contribution in [1.82, 2.24) is 0 Å². The van der Waals surface area contributed by atoms with Crippen LogP contribution in [0, 0.1) is 0 Å². The molecule has 0 aromatic heterocycles. The normalized spacial score (nSPS) is 10.2. The predicted molar refractivity (Wildman–Crippen MR) is 76.9 cm³/mol. The largest absolute Gasteiger partial charge is 0.489 e. The molecule has 0 saturated carbocycles. The zero-order chi connectivity index (χ0) is 13.8. The van der Waals surface area contributed by atoms with Crippen LogP contribution in [-0.2, 0) is 6.61 Å². The number of carboxylic acids is 1. The van der Waals surface area contributed by atoms with Crippen LogP contribution in [0.3, 0.4) is 0 Å². The second kappa shape index (κ2) is 6.08. The summed E-state index contributed by atoms with van der Waals surface area (Å²) in [6.45, 7) is 0.292. The highest BCUT2D eigenvalue weighted by Crippen LogP contribution is 2.21. The number of rotatable bonds is 4. The van der Waals surface area contributed by atoms with Crippen molar-refractivity contribution in [3.63, 3.8) is 0 Å². The molecule has 0 aliphatic carbocycles. The second-order valence-corrected chi connectivity index (χ2v) is 5.18. The minimum Gasteiger partial charge on any atom is -0.489 e. The lowest BCUT2D eigenvalue weighted by Gasteiger charge is -2.08. The third kappa shape index (κ3) is 3.72. The second-order valence-electron chi connectivity index (χ2n) is 3.85. The molecule has 0 fully saturated rings. The van der Waals surface area contributed by atoms with Crippen LogP contribution in [0.1, 0.15) is 15.9 Å². The van der Waals surface area contributed by atoms with Gasteiger partial charge in [-0.3, -0.25) is 0 Å². The van der Waals surface area contributed by atoms with Gasteiger partial charge < -0.3 is 9.84 Å². The summed E-state index contributed by atoms with van der Waals surface area (Å²) < 4.78 is 6.55. The van der Waals surface area contributed by atoms with Gasteiger partial charge in [0.25, 0.3) is 0 Å². The van der Waals surface area contributed by atoms with Crippen LogP contribution in [0.5, 0.6) is 5.75 Å². The summed E-state index contributed by atoms with van der Waals surface area (Å²) in [5.41, 5.74) is 0.909. The number of ether oxygens (including phenoxy) is 1. The molecule has 0 bridgehead atoms. The van der Waals surface area contributed by atoms with Crippen molar-refractivity contribution in [2.45, 2.75) is 6.61 Å². The van der Waals surface area contributed by atoms with Gasteiger partial charge in [-0.05, 0) is 36.4 Å². The monoisotopic (exact) mass is 340 g/mol. The molecule has 0 aliphatic rings. The van der Waals surface area contributed by atoms with E-state index in [9.17, 15) is 4.79 Å². The molecule has 0 radical (unpaired) electrons. The molecule has 98 valence electrons. The smallest absolute Gasteiger partial charge is 0.335 e. The molecule has 2 rings (SSSR count). The summed E-state index contributed by atoms with van der Waals surface area (Å²) in [5, 5.41) is 9.23. The highest BCUT2D eigenvalue weighted by atomic mass is 79.9. The van der Waals surface area contributed by atoms with Gasteiger partial charge in [0.2, 0.25) is 0 Å². The van der Waals surface area contributed by atoms with Crippen molar-refractivity contribution in [2.24, 2.45) is 0 Å². The minimum absolute atomic E-state index is 0.164. The van der Waals surface area contributed by atoms with Crippen LogP contribution in [0.2, 0.25) is 5.02 Å². The molecule has 0 saturated heterocycles. The Kier molecular flexibility index (Phi) is 4.45. The van der Waals surface area contributed by atoms with Crippen molar-refractivity contribution < 1.29 is 14.6 Å². The maximum absolute atomic E-state index is 10.8. The first-order valence-electron chi connectivity index (χ1n) is 5.46. The van der Waals surface area contributed by atoms with Crippen LogP contribution in [-0.4, -0.2) is 11.1 Å². The van der Waals surface area contributed by atoms with Gasteiger partial charge in [-0.15, -0.1) is 0 Å². The van der Waals surface area contributed by atoms with Gasteiger partial charge in [0.05, 0.1) is 5.56 Å². The van der Waals surface area contributed by atoms with E-state index in [4.69, 9.17) is 21.4 Å². The number of carbonyl (C=O) groups is 1. The van der Waals surface area contributed by atoms with Crippen LogP contribution in [0.25, 0.3) is 0 Å². The Balaban J connectivity index is 2.07. The molecule has 0 aliphatic heterocycles. The van der Waals surface area contributed by atoms with E-state index in [1.807, 2.05) is 24.3 Å². The molecule has 0 heterocycles. The van der Waals surface area contributed by atoms with Crippen LogP contribution < -0.4 is 4.74 Å². The molecule has 0 amide bonds. The van der Waals surface area contributed by atoms with Crippen LogP contribution in [0.4, 0.5) is 0 Å². The van der Waals surface area contributed by atoms with E-state index in [2.05, 4.69) is 15.9 Å². The average molecular weight is 342 g/mol. The molecule has 19 heavy (non-hydrogen) atoms. The number of aromatic carboxylic acids is 1. The van der Waals surface area contributed by atoms with Crippen LogP contribution >= 0.6 is 27.5 Å². The molecular weight excluding hydrogens is 332 g/mol. The van der Waals surface area contributed by atoms with Gasteiger partial charge in [0, 0.05) is 15.1 Å². The highest BCUT2D eigenvalue weighted by Gasteiger charge is 2.07. The number of benzene rings is 2. The van der Waals surface area contributed by atoms with E-state index in [1.165, 1.54) is 12.1 Å². The predicted octanol–water partition coefficient (Wildman–Crippen LogP) is 4.38. The number of hydrogen-bond donors (Lipinski definition) is 1. The fourth-order valence-corrected chi connectivity index (χ4v) is 1.99. The standard InChI is InChI=1S/C14H10BrClO3/c15-11-3-5-12(6-4-11)19-8-10-2-1-9(14(17)18)7-13(10)16/h1-7H,8H2,(H,17,18). The van der Waals surface area contributed by atoms with E-state index < -0.39 is 5.97 Å². The van der Waals surface area contributed by atoms with Gasteiger partial charge in [-0.1, -0.05) is 33.6 Å². The Morgan fingerprint density at radius 3 is 2.47 bits per heavy atom. The molecule has 1 N–H and O–H groups in total. The lowest BCUT2D eigenvalue weighted by Crippen LogP contribution is -2.00. The summed E-state index contributed by atoms with van der Waals surface area (Å²) in [4.78, 5) is 10.8. The first kappa shape index (κ1) is 13.9. The molecule has 3 nitrogen and oxygen atoms in total. The maximum atomic E-state index is 10.8. The Hall–Kier alpha value is -1.52. The van der Waals surface area contributed by atoms with Gasteiger partial charge in [-0.2, -0.15) is 0 Å². The summed E-state index contributed by atoms with van der Waals surface area (Å²) >= 11 is 9.36. The van der Waals surface area contributed by atoms with Gasteiger partial charge >= 0.3 is 5.97 Å². The first-order chi connectivity index (χ1) is 9.06. The van der Waals surface area contributed by atoms with Crippen LogP contribution in [0.15, 0.2) is 46.9 Å². The van der Waals surface area contributed by atoms with E-state index in [0.717, 1.165) is 15.8 Å². The number of carboxylic acid groups (broad SMARTS) is 1. The number of halogens is 2. The Morgan fingerprint density at radius 1 is 1.21 bits per heavy atom. The fourth-order valence-electron chi connectivity index (χ4n) is 1.49. The van der Waals surface area contributed by atoms with Gasteiger partial charge in [-0.25, -0.2) is 4.79 Å². The molecular formula is C14H10BrClO3. The van der Waals surface area contributed by atoms with Crippen molar-refractivity contribution in [3.8, 4) is 5.75 Å². The van der Waals surface area contributed by atoms with E-state index in [0.29, 0.717) is 11.6 Å². The third-order valence-electron chi connectivity index (χ3n) is 2.51. The Bertz CT molecular complexity index is 596. The summed E-state index contributed by atoms with van der Waals surface area (Å²) in [5.74, 6) is -0.274.